The van der Waals surface area contributed by atoms with Gasteiger partial charge in [-0.25, -0.2) is 0 Å². The number of likely N-dealkylation sites (tertiary alicyclic amines) is 1. The van der Waals surface area contributed by atoms with Gasteiger partial charge in [0.1, 0.15) is 0 Å². The maximum atomic E-state index is 2.48. The van der Waals surface area contributed by atoms with E-state index in [0.717, 1.165) is 17.3 Å². The Morgan fingerprint density at radius 2 is 1.58 bits per heavy atom. The minimum absolute atomic E-state index is 0.756. The standard InChI is InChI=1S/C11H21N/c1-9-8-10(2)11(9)4-6-12(3)7-5-11/h9-10H,4-8H2,1-3H3. The molecule has 0 aromatic carbocycles. The van der Waals surface area contributed by atoms with E-state index in [1.165, 1.54) is 32.4 Å². The zero-order valence-corrected chi connectivity index (χ0v) is 8.64. The van der Waals surface area contributed by atoms with Crippen molar-refractivity contribution in [2.24, 2.45) is 17.3 Å². The highest BCUT2D eigenvalue weighted by Crippen LogP contribution is 2.57. The van der Waals surface area contributed by atoms with Crippen molar-refractivity contribution < 1.29 is 0 Å². The lowest BCUT2D eigenvalue weighted by Gasteiger charge is -2.57. The molecule has 2 fully saturated rings. The van der Waals surface area contributed by atoms with Gasteiger partial charge in [0, 0.05) is 0 Å². The first-order valence-corrected chi connectivity index (χ1v) is 5.34. The molecule has 2 aliphatic rings. The summed E-state index contributed by atoms with van der Waals surface area (Å²) in [6.07, 6.45) is 4.38. The summed E-state index contributed by atoms with van der Waals surface area (Å²) in [6, 6.07) is 0. The molecule has 1 heteroatoms. The van der Waals surface area contributed by atoms with Crippen molar-refractivity contribution in [3.05, 3.63) is 0 Å². The van der Waals surface area contributed by atoms with Crippen molar-refractivity contribution in [3.63, 3.8) is 0 Å². The van der Waals surface area contributed by atoms with Crippen LogP contribution in [0.5, 0.6) is 0 Å². The zero-order valence-electron chi connectivity index (χ0n) is 8.64. The Kier molecular flexibility index (Phi) is 1.95. The van der Waals surface area contributed by atoms with Crippen LogP contribution in [0.15, 0.2) is 0 Å². The normalized spacial score (nSPS) is 41.2. The summed E-state index contributed by atoms with van der Waals surface area (Å²) in [5, 5.41) is 0. The van der Waals surface area contributed by atoms with Gasteiger partial charge >= 0.3 is 0 Å². The quantitative estimate of drug-likeness (QED) is 0.535. The highest BCUT2D eigenvalue weighted by molar-refractivity contribution is 5.00. The lowest BCUT2D eigenvalue weighted by Crippen LogP contribution is -2.52. The first-order valence-electron chi connectivity index (χ1n) is 5.34. The topological polar surface area (TPSA) is 3.24 Å². The molecule has 2 atom stereocenters. The minimum atomic E-state index is 0.756. The van der Waals surface area contributed by atoms with E-state index in [-0.39, 0.29) is 0 Å². The summed E-state index contributed by atoms with van der Waals surface area (Å²) < 4.78 is 0. The Bertz CT molecular complexity index is 158. The molecule has 1 saturated heterocycles. The van der Waals surface area contributed by atoms with Crippen molar-refractivity contribution >= 4 is 0 Å². The summed E-state index contributed by atoms with van der Waals surface area (Å²) >= 11 is 0. The van der Waals surface area contributed by atoms with E-state index in [9.17, 15) is 0 Å². The molecule has 2 rings (SSSR count). The lowest BCUT2D eigenvalue weighted by atomic mass is 9.50. The Morgan fingerprint density at radius 3 is 2.00 bits per heavy atom. The Balaban J connectivity index is 2.02. The highest BCUT2D eigenvalue weighted by Gasteiger charge is 2.50. The van der Waals surface area contributed by atoms with Crippen LogP contribution in [0, 0.1) is 17.3 Å². The van der Waals surface area contributed by atoms with Gasteiger partial charge in [-0.2, -0.15) is 0 Å². The van der Waals surface area contributed by atoms with Crippen molar-refractivity contribution in [3.8, 4) is 0 Å². The van der Waals surface area contributed by atoms with Crippen LogP contribution in [0.4, 0.5) is 0 Å². The number of piperidine rings is 1. The van der Waals surface area contributed by atoms with E-state index in [1.807, 2.05) is 0 Å². The third-order valence-electron chi connectivity index (χ3n) is 4.59. The van der Waals surface area contributed by atoms with Crippen molar-refractivity contribution in [1.82, 2.24) is 4.90 Å². The maximum absolute atomic E-state index is 2.48. The van der Waals surface area contributed by atoms with Crippen molar-refractivity contribution in [2.75, 3.05) is 20.1 Å². The van der Waals surface area contributed by atoms with E-state index in [4.69, 9.17) is 0 Å². The second kappa shape index (κ2) is 2.73. The summed E-state index contributed by atoms with van der Waals surface area (Å²) in [7, 11) is 2.25. The van der Waals surface area contributed by atoms with Gasteiger partial charge in [0.25, 0.3) is 0 Å². The van der Waals surface area contributed by atoms with Gasteiger partial charge in [-0.05, 0) is 56.7 Å². The van der Waals surface area contributed by atoms with Crippen LogP contribution in [0.3, 0.4) is 0 Å². The van der Waals surface area contributed by atoms with Gasteiger partial charge in [0.05, 0.1) is 0 Å². The molecule has 1 aliphatic heterocycles. The average Bonchev–Trinajstić information content (AvgIpc) is 2.06. The van der Waals surface area contributed by atoms with E-state index in [2.05, 4.69) is 25.8 Å². The number of rotatable bonds is 0. The molecule has 1 nitrogen and oxygen atoms in total. The molecule has 0 radical (unpaired) electrons. The third kappa shape index (κ3) is 1.02. The van der Waals surface area contributed by atoms with E-state index in [0.29, 0.717) is 0 Å². The van der Waals surface area contributed by atoms with Crippen LogP contribution < -0.4 is 0 Å². The molecule has 0 amide bonds. The number of hydrogen-bond acceptors (Lipinski definition) is 1. The molecule has 0 aromatic heterocycles. The van der Waals surface area contributed by atoms with E-state index in [1.54, 1.807) is 0 Å². The second-order valence-corrected chi connectivity index (χ2v) is 5.07. The third-order valence-corrected chi connectivity index (χ3v) is 4.59. The fourth-order valence-electron chi connectivity index (χ4n) is 3.35. The lowest BCUT2D eigenvalue weighted by molar-refractivity contribution is -0.0778. The smallest absolute Gasteiger partial charge is 0.00163 e. The molecule has 0 N–H and O–H groups in total. The van der Waals surface area contributed by atoms with Gasteiger partial charge in [-0.3, -0.25) is 0 Å². The fraction of sp³-hybridized carbons (Fsp3) is 1.00. The van der Waals surface area contributed by atoms with Crippen LogP contribution in [-0.4, -0.2) is 25.0 Å². The van der Waals surface area contributed by atoms with Crippen LogP contribution in [-0.2, 0) is 0 Å². The molecule has 1 saturated carbocycles. The maximum Gasteiger partial charge on any atom is -0.00163 e. The van der Waals surface area contributed by atoms with Crippen LogP contribution >= 0.6 is 0 Å². The highest BCUT2D eigenvalue weighted by atomic mass is 15.1. The molecule has 70 valence electrons. The molecule has 2 unspecified atom stereocenters. The van der Waals surface area contributed by atoms with E-state index >= 15 is 0 Å². The second-order valence-electron chi connectivity index (χ2n) is 5.07. The van der Waals surface area contributed by atoms with Crippen molar-refractivity contribution in [1.29, 1.82) is 0 Å². The molecule has 0 bridgehead atoms. The Labute approximate surface area is 76.1 Å². The average molecular weight is 167 g/mol. The summed E-state index contributed by atoms with van der Waals surface area (Å²) in [5.41, 5.74) is 0.756. The first-order chi connectivity index (χ1) is 5.65. The van der Waals surface area contributed by atoms with Gasteiger partial charge in [0.15, 0.2) is 0 Å². The monoisotopic (exact) mass is 167 g/mol. The predicted octanol–water partition coefficient (Wildman–Crippen LogP) is 2.37. The molecular formula is C11H21N. The predicted molar refractivity (Wildman–Crippen MR) is 52.1 cm³/mol. The molecule has 12 heavy (non-hydrogen) atoms. The van der Waals surface area contributed by atoms with Gasteiger partial charge in [-0.1, -0.05) is 13.8 Å². The SMILES string of the molecule is CC1CC(C)C12CCN(C)CC2. The Morgan fingerprint density at radius 1 is 1.08 bits per heavy atom. The van der Waals surface area contributed by atoms with Crippen LogP contribution in [0.2, 0.25) is 0 Å². The fourth-order valence-corrected chi connectivity index (χ4v) is 3.35. The molecule has 1 heterocycles. The van der Waals surface area contributed by atoms with Gasteiger partial charge < -0.3 is 4.90 Å². The minimum Gasteiger partial charge on any atom is -0.306 e. The summed E-state index contributed by atoms with van der Waals surface area (Å²) in [5.74, 6) is 2.00. The first kappa shape index (κ1) is 8.55. The van der Waals surface area contributed by atoms with E-state index < -0.39 is 0 Å². The van der Waals surface area contributed by atoms with Gasteiger partial charge in [-0.15, -0.1) is 0 Å². The zero-order chi connectivity index (χ0) is 8.77. The van der Waals surface area contributed by atoms with Crippen molar-refractivity contribution in [2.45, 2.75) is 33.1 Å². The Hall–Kier alpha value is -0.0400. The number of hydrogen-bond donors (Lipinski definition) is 0. The molecular weight excluding hydrogens is 146 g/mol. The molecule has 1 spiro atoms. The van der Waals surface area contributed by atoms with Crippen LogP contribution in [0.25, 0.3) is 0 Å². The summed E-state index contributed by atoms with van der Waals surface area (Å²) in [6.45, 7) is 7.56. The summed E-state index contributed by atoms with van der Waals surface area (Å²) in [4.78, 5) is 2.48. The van der Waals surface area contributed by atoms with Crippen LogP contribution in [0.1, 0.15) is 33.1 Å². The largest absolute Gasteiger partial charge is 0.306 e. The molecule has 1 aliphatic carbocycles. The molecule has 0 aromatic rings. The number of nitrogens with zero attached hydrogens (tertiary/aromatic N) is 1. The van der Waals surface area contributed by atoms with Gasteiger partial charge in [0.2, 0.25) is 0 Å².